The third-order valence-electron chi connectivity index (χ3n) is 3.97. The van der Waals surface area contributed by atoms with Crippen molar-refractivity contribution in [3.63, 3.8) is 0 Å². The highest BCUT2D eigenvalue weighted by molar-refractivity contribution is 6.33. The van der Waals surface area contributed by atoms with Gasteiger partial charge in [0.15, 0.2) is 6.61 Å². The summed E-state index contributed by atoms with van der Waals surface area (Å²) in [5, 5.41) is 3.02. The molecule has 0 fully saturated rings. The van der Waals surface area contributed by atoms with E-state index in [1.807, 2.05) is 31.2 Å². The molecule has 154 valence electrons. The maximum absolute atomic E-state index is 12.1. The Balaban J connectivity index is 1.68. The van der Waals surface area contributed by atoms with E-state index < -0.39 is 24.4 Å². The minimum atomic E-state index is -0.555. The highest BCUT2D eigenvalue weighted by atomic mass is 35.5. The van der Waals surface area contributed by atoms with Gasteiger partial charge in [0.1, 0.15) is 5.75 Å². The van der Waals surface area contributed by atoms with Gasteiger partial charge in [-0.1, -0.05) is 41.9 Å². The summed E-state index contributed by atoms with van der Waals surface area (Å²) in [4.78, 5) is 37.0. The van der Waals surface area contributed by atoms with Crippen molar-refractivity contribution >= 4 is 35.1 Å². The molecule has 0 bridgehead atoms. The molecule has 2 aromatic rings. The third-order valence-corrected chi connectivity index (χ3v) is 4.30. The van der Waals surface area contributed by atoms with Crippen molar-refractivity contribution in [1.82, 2.24) is 4.90 Å². The summed E-state index contributed by atoms with van der Waals surface area (Å²) in [5.41, 5.74) is 1.42. The Morgan fingerprint density at radius 1 is 1.07 bits per heavy atom. The number of esters is 1. The van der Waals surface area contributed by atoms with Gasteiger partial charge in [0.2, 0.25) is 5.91 Å². The number of likely N-dealkylation sites (N-methyl/N-ethyl adjacent to an activating group) is 1. The predicted octanol–water partition coefficient (Wildman–Crippen LogP) is 3.06. The number of para-hydroxylation sites is 2. The number of nitrogens with zero attached hydrogens (tertiary/aromatic N) is 1. The molecule has 2 amide bonds. The average molecular weight is 419 g/mol. The van der Waals surface area contributed by atoms with Crippen LogP contribution < -0.4 is 10.1 Å². The van der Waals surface area contributed by atoms with Gasteiger partial charge >= 0.3 is 5.97 Å². The Hall–Kier alpha value is -3.06. The summed E-state index contributed by atoms with van der Waals surface area (Å²) in [5.74, 6) is -0.763. The first-order valence-electron chi connectivity index (χ1n) is 8.99. The molecule has 0 saturated carbocycles. The highest BCUT2D eigenvalue weighted by Crippen LogP contribution is 2.20. The molecule has 0 heterocycles. The molecule has 0 saturated heterocycles. The third kappa shape index (κ3) is 7.46. The molecular formula is C21H23ClN2O5. The van der Waals surface area contributed by atoms with Crippen LogP contribution in [0, 0.1) is 6.92 Å². The number of benzene rings is 2. The molecule has 0 aromatic heterocycles. The molecule has 0 unspecified atom stereocenters. The average Bonchev–Trinajstić information content (AvgIpc) is 2.69. The largest absolute Gasteiger partial charge is 0.493 e. The second kappa shape index (κ2) is 11.1. The lowest BCUT2D eigenvalue weighted by Gasteiger charge is -2.17. The van der Waals surface area contributed by atoms with Crippen molar-refractivity contribution < 1.29 is 23.9 Å². The van der Waals surface area contributed by atoms with Crippen molar-refractivity contribution in [3.05, 3.63) is 59.1 Å². The number of carbonyl (C=O) groups excluding carboxylic acids is 3. The van der Waals surface area contributed by atoms with E-state index in [1.165, 1.54) is 11.9 Å². The fourth-order valence-corrected chi connectivity index (χ4v) is 2.53. The number of carbonyl (C=O) groups is 3. The first-order chi connectivity index (χ1) is 13.9. The monoisotopic (exact) mass is 418 g/mol. The molecule has 1 N–H and O–H groups in total. The lowest BCUT2D eigenvalue weighted by molar-refractivity contribution is -0.152. The van der Waals surface area contributed by atoms with E-state index in [4.69, 9.17) is 21.1 Å². The number of halogens is 1. The Bertz CT molecular complexity index is 872. The van der Waals surface area contributed by atoms with Gasteiger partial charge in [0.05, 0.1) is 30.3 Å². The summed E-state index contributed by atoms with van der Waals surface area (Å²) in [7, 11) is 1.45. The van der Waals surface area contributed by atoms with Gasteiger partial charge in [0, 0.05) is 7.05 Å². The van der Waals surface area contributed by atoms with Gasteiger partial charge in [-0.2, -0.15) is 0 Å². The van der Waals surface area contributed by atoms with E-state index in [-0.39, 0.29) is 19.6 Å². The number of nitrogens with one attached hydrogen (secondary N) is 1. The van der Waals surface area contributed by atoms with Crippen LogP contribution in [-0.2, 0) is 19.1 Å². The summed E-state index contributed by atoms with van der Waals surface area (Å²) in [6, 6.07) is 14.2. The molecule has 0 aliphatic heterocycles. The smallest absolute Gasteiger partial charge is 0.309 e. The number of amides is 2. The Morgan fingerprint density at radius 3 is 2.48 bits per heavy atom. The molecule has 0 aliphatic rings. The summed E-state index contributed by atoms with van der Waals surface area (Å²) >= 11 is 5.98. The van der Waals surface area contributed by atoms with Gasteiger partial charge in [0.25, 0.3) is 5.91 Å². The lowest BCUT2D eigenvalue weighted by Crippen LogP contribution is -2.37. The number of aryl methyl sites for hydroxylation is 1. The second-order valence-corrected chi connectivity index (χ2v) is 6.71. The van der Waals surface area contributed by atoms with Crippen molar-refractivity contribution in [3.8, 4) is 5.75 Å². The maximum atomic E-state index is 12.1. The standard InChI is InChI=1S/C21H23ClN2O5/c1-15-7-3-6-10-18(15)28-12-11-21(27)29-14-20(26)24(2)13-19(25)23-17-9-5-4-8-16(17)22/h3-10H,11-14H2,1-2H3,(H,23,25). The van der Waals surface area contributed by atoms with E-state index in [1.54, 1.807) is 24.3 Å². The normalized spacial score (nSPS) is 10.2. The van der Waals surface area contributed by atoms with Crippen LogP contribution in [0.25, 0.3) is 0 Å². The highest BCUT2D eigenvalue weighted by Gasteiger charge is 2.16. The van der Waals surface area contributed by atoms with Gasteiger partial charge in [-0.05, 0) is 30.7 Å². The molecule has 29 heavy (non-hydrogen) atoms. The predicted molar refractivity (Wildman–Crippen MR) is 110 cm³/mol. The van der Waals surface area contributed by atoms with Crippen LogP contribution in [-0.4, -0.2) is 49.5 Å². The van der Waals surface area contributed by atoms with E-state index in [0.29, 0.717) is 16.5 Å². The molecule has 2 rings (SSSR count). The number of ether oxygens (including phenoxy) is 2. The molecule has 0 spiro atoms. The van der Waals surface area contributed by atoms with E-state index in [0.717, 1.165) is 5.56 Å². The Kier molecular flexibility index (Phi) is 8.48. The van der Waals surface area contributed by atoms with Crippen molar-refractivity contribution in [2.75, 3.05) is 32.1 Å². The Labute approximate surface area is 174 Å². The number of hydrogen-bond acceptors (Lipinski definition) is 5. The zero-order chi connectivity index (χ0) is 21.2. The topological polar surface area (TPSA) is 84.9 Å². The van der Waals surface area contributed by atoms with Crippen LogP contribution >= 0.6 is 11.6 Å². The molecule has 0 aliphatic carbocycles. The Morgan fingerprint density at radius 2 is 1.76 bits per heavy atom. The molecule has 2 aromatic carbocycles. The van der Waals surface area contributed by atoms with Crippen molar-refractivity contribution in [1.29, 1.82) is 0 Å². The lowest BCUT2D eigenvalue weighted by atomic mass is 10.2. The van der Waals surface area contributed by atoms with Crippen molar-refractivity contribution in [2.24, 2.45) is 0 Å². The van der Waals surface area contributed by atoms with Crippen LogP contribution in [0.5, 0.6) is 5.75 Å². The van der Waals surface area contributed by atoms with Crippen LogP contribution in [0.3, 0.4) is 0 Å². The molecule has 0 atom stereocenters. The minimum absolute atomic E-state index is 0.0122. The minimum Gasteiger partial charge on any atom is -0.493 e. The van der Waals surface area contributed by atoms with Crippen molar-refractivity contribution in [2.45, 2.75) is 13.3 Å². The number of rotatable bonds is 9. The fraction of sp³-hybridized carbons (Fsp3) is 0.286. The molecule has 8 heteroatoms. The summed E-state index contributed by atoms with van der Waals surface area (Å²) in [6.07, 6.45) is 0.0122. The molecule has 0 radical (unpaired) electrons. The zero-order valence-corrected chi connectivity index (χ0v) is 17.1. The van der Waals surface area contributed by atoms with Crippen LogP contribution in [0.4, 0.5) is 5.69 Å². The molecular weight excluding hydrogens is 396 g/mol. The second-order valence-electron chi connectivity index (χ2n) is 6.30. The summed E-state index contributed by atoms with van der Waals surface area (Å²) in [6.45, 7) is 1.41. The first kappa shape index (κ1) is 22.2. The van der Waals surface area contributed by atoms with Crippen LogP contribution in [0.2, 0.25) is 5.02 Å². The fourth-order valence-electron chi connectivity index (χ4n) is 2.34. The van der Waals surface area contributed by atoms with E-state index in [2.05, 4.69) is 5.32 Å². The number of hydrogen-bond donors (Lipinski definition) is 1. The van der Waals surface area contributed by atoms with Gasteiger partial charge in [-0.3, -0.25) is 14.4 Å². The van der Waals surface area contributed by atoms with Crippen LogP contribution in [0.15, 0.2) is 48.5 Å². The number of anilines is 1. The maximum Gasteiger partial charge on any atom is 0.309 e. The quantitative estimate of drug-likeness (QED) is 0.632. The zero-order valence-electron chi connectivity index (χ0n) is 16.3. The van der Waals surface area contributed by atoms with Gasteiger partial charge in [-0.25, -0.2) is 0 Å². The summed E-state index contributed by atoms with van der Waals surface area (Å²) < 4.78 is 10.5. The molecule has 7 nitrogen and oxygen atoms in total. The SMILES string of the molecule is Cc1ccccc1OCCC(=O)OCC(=O)N(C)CC(=O)Nc1ccccc1Cl. The van der Waals surface area contributed by atoms with Gasteiger partial charge < -0.3 is 19.7 Å². The van der Waals surface area contributed by atoms with Crippen LogP contribution in [0.1, 0.15) is 12.0 Å². The van der Waals surface area contributed by atoms with E-state index in [9.17, 15) is 14.4 Å². The first-order valence-corrected chi connectivity index (χ1v) is 9.37. The van der Waals surface area contributed by atoms with Gasteiger partial charge in [-0.15, -0.1) is 0 Å². The van der Waals surface area contributed by atoms with E-state index >= 15 is 0 Å².